The maximum absolute atomic E-state index is 4.28. The normalized spacial score (nSPS) is 14.6. The highest BCUT2D eigenvalue weighted by atomic mass is 15.3. The molecule has 3 heterocycles. The van der Waals surface area contributed by atoms with Crippen molar-refractivity contribution in [1.82, 2.24) is 29.9 Å². The van der Waals surface area contributed by atoms with E-state index in [-0.39, 0.29) is 0 Å². The van der Waals surface area contributed by atoms with E-state index in [1.54, 1.807) is 0 Å². The third-order valence-corrected chi connectivity index (χ3v) is 3.70. The molecular weight excluding hydrogens is 240 g/mol. The van der Waals surface area contributed by atoms with Crippen LogP contribution in [0.1, 0.15) is 30.2 Å². The van der Waals surface area contributed by atoms with Gasteiger partial charge in [-0.1, -0.05) is 0 Å². The maximum Gasteiger partial charge on any atom is 0.147 e. The average Bonchev–Trinajstić information content (AvgIpc) is 3.02. The largest absolute Gasteiger partial charge is 0.314 e. The van der Waals surface area contributed by atoms with Gasteiger partial charge in [0.15, 0.2) is 0 Å². The molecule has 0 bridgehead atoms. The molecule has 0 unspecified atom stereocenters. The standard InChI is InChI=1S/C13H20N6/c1-18-11(6-8-15-18)5-7-14-10-13-17-16-12-4-2-3-9-19(12)13/h6,8,14H,2-5,7,9-10H2,1H3. The van der Waals surface area contributed by atoms with Crippen molar-refractivity contribution in [3.8, 4) is 0 Å². The van der Waals surface area contributed by atoms with Crippen molar-refractivity contribution in [2.75, 3.05) is 6.54 Å². The number of hydrogen-bond donors (Lipinski definition) is 1. The zero-order valence-electron chi connectivity index (χ0n) is 11.3. The Kier molecular flexibility index (Phi) is 3.59. The number of nitrogens with one attached hydrogen (secondary N) is 1. The number of nitrogens with zero attached hydrogens (tertiary/aromatic N) is 5. The lowest BCUT2D eigenvalue weighted by atomic mass is 10.2. The summed E-state index contributed by atoms with van der Waals surface area (Å²) in [5.74, 6) is 2.22. The Morgan fingerprint density at radius 1 is 1.32 bits per heavy atom. The molecule has 2 aromatic heterocycles. The van der Waals surface area contributed by atoms with Crippen LogP contribution in [-0.2, 0) is 33.0 Å². The Morgan fingerprint density at radius 2 is 2.26 bits per heavy atom. The fourth-order valence-corrected chi connectivity index (χ4v) is 2.56. The minimum absolute atomic E-state index is 0.796. The predicted molar refractivity (Wildman–Crippen MR) is 71.6 cm³/mol. The van der Waals surface area contributed by atoms with Gasteiger partial charge < -0.3 is 9.88 Å². The first-order valence-electron chi connectivity index (χ1n) is 6.93. The monoisotopic (exact) mass is 260 g/mol. The number of aromatic nitrogens is 5. The van der Waals surface area contributed by atoms with Crippen LogP contribution in [0.5, 0.6) is 0 Å². The van der Waals surface area contributed by atoms with Crippen LogP contribution in [0.25, 0.3) is 0 Å². The van der Waals surface area contributed by atoms with Gasteiger partial charge >= 0.3 is 0 Å². The second kappa shape index (κ2) is 5.52. The summed E-state index contributed by atoms with van der Waals surface area (Å²) < 4.78 is 4.18. The van der Waals surface area contributed by atoms with E-state index in [9.17, 15) is 0 Å². The summed E-state index contributed by atoms with van der Waals surface area (Å²) in [6.45, 7) is 2.80. The molecule has 1 N–H and O–H groups in total. The quantitative estimate of drug-likeness (QED) is 0.803. The van der Waals surface area contributed by atoms with E-state index in [4.69, 9.17) is 0 Å². The summed E-state index contributed by atoms with van der Waals surface area (Å²) in [5, 5.41) is 16.1. The third kappa shape index (κ3) is 2.68. The molecule has 102 valence electrons. The minimum atomic E-state index is 0.796. The molecule has 0 saturated heterocycles. The fraction of sp³-hybridized carbons (Fsp3) is 0.615. The first-order chi connectivity index (χ1) is 9.34. The summed E-state index contributed by atoms with van der Waals surface area (Å²) in [6.07, 6.45) is 6.38. The molecule has 0 atom stereocenters. The second-order valence-electron chi connectivity index (χ2n) is 5.01. The average molecular weight is 260 g/mol. The summed E-state index contributed by atoms with van der Waals surface area (Å²) in [7, 11) is 1.98. The fourth-order valence-electron chi connectivity index (χ4n) is 2.56. The maximum atomic E-state index is 4.28. The first-order valence-corrected chi connectivity index (χ1v) is 6.93. The van der Waals surface area contributed by atoms with Gasteiger partial charge in [-0.2, -0.15) is 5.10 Å². The lowest BCUT2D eigenvalue weighted by Crippen LogP contribution is -2.22. The van der Waals surface area contributed by atoms with E-state index in [1.165, 1.54) is 18.5 Å². The van der Waals surface area contributed by atoms with E-state index in [1.807, 2.05) is 17.9 Å². The van der Waals surface area contributed by atoms with E-state index in [0.29, 0.717) is 0 Å². The molecule has 1 aliphatic heterocycles. The van der Waals surface area contributed by atoms with Crippen LogP contribution in [0.3, 0.4) is 0 Å². The highest BCUT2D eigenvalue weighted by Crippen LogP contribution is 2.13. The lowest BCUT2D eigenvalue weighted by Gasteiger charge is -2.14. The van der Waals surface area contributed by atoms with Crippen LogP contribution >= 0.6 is 0 Å². The Morgan fingerprint density at radius 3 is 3.11 bits per heavy atom. The Bertz CT molecular complexity index is 541. The molecule has 1 aliphatic rings. The van der Waals surface area contributed by atoms with Gasteiger partial charge in [-0.25, -0.2) is 0 Å². The Labute approximate surface area is 112 Å². The van der Waals surface area contributed by atoms with Gasteiger partial charge in [0.1, 0.15) is 11.6 Å². The van der Waals surface area contributed by atoms with Crippen molar-refractivity contribution in [3.05, 3.63) is 29.6 Å². The van der Waals surface area contributed by atoms with Crippen LogP contribution in [0.4, 0.5) is 0 Å². The third-order valence-electron chi connectivity index (χ3n) is 3.70. The number of hydrogen-bond acceptors (Lipinski definition) is 4. The molecule has 6 nitrogen and oxygen atoms in total. The number of rotatable bonds is 5. The summed E-state index contributed by atoms with van der Waals surface area (Å²) in [5.41, 5.74) is 1.25. The molecular formula is C13H20N6. The number of fused-ring (bicyclic) bond motifs is 1. The van der Waals surface area contributed by atoms with Gasteiger partial charge in [-0.15, -0.1) is 10.2 Å². The molecule has 6 heteroatoms. The van der Waals surface area contributed by atoms with Gasteiger partial charge in [-0.3, -0.25) is 4.68 Å². The van der Waals surface area contributed by atoms with Crippen LogP contribution < -0.4 is 5.32 Å². The Balaban J connectivity index is 1.50. The van der Waals surface area contributed by atoms with Gasteiger partial charge in [0.25, 0.3) is 0 Å². The van der Waals surface area contributed by atoms with Gasteiger partial charge in [0.05, 0.1) is 6.54 Å². The van der Waals surface area contributed by atoms with Crippen LogP contribution in [0.15, 0.2) is 12.3 Å². The second-order valence-corrected chi connectivity index (χ2v) is 5.01. The molecule has 0 saturated carbocycles. The van der Waals surface area contributed by atoms with Crippen molar-refractivity contribution in [2.45, 2.75) is 38.8 Å². The van der Waals surface area contributed by atoms with E-state index in [2.05, 4.69) is 31.2 Å². The molecule has 3 rings (SSSR count). The van der Waals surface area contributed by atoms with Crippen molar-refractivity contribution in [1.29, 1.82) is 0 Å². The summed E-state index contributed by atoms with van der Waals surface area (Å²) >= 11 is 0. The van der Waals surface area contributed by atoms with Crippen LogP contribution in [-0.4, -0.2) is 31.1 Å². The van der Waals surface area contributed by atoms with Crippen molar-refractivity contribution >= 4 is 0 Å². The van der Waals surface area contributed by atoms with Crippen LogP contribution in [0, 0.1) is 0 Å². The first kappa shape index (κ1) is 12.3. The lowest BCUT2D eigenvalue weighted by molar-refractivity contribution is 0.497. The topological polar surface area (TPSA) is 60.6 Å². The van der Waals surface area contributed by atoms with Gasteiger partial charge in [-0.05, 0) is 18.9 Å². The molecule has 0 aromatic carbocycles. The molecule has 0 amide bonds. The summed E-state index contributed by atoms with van der Waals surface area (Å²) in [4.78, 5) is 0. The molecule has 0 aliphatic carbocycles. The minimum Gasteiger partial charge on any atom is -0.314 e. The zero-order chi connectivity index (χ0) is 13.1. The van der Waals surface area contributed by atoms with E-state index >= 15 is 0 Å². The van der Waals surface area contributed by atoms with Gasteiger partial charge in [0, 0.05) is 44.9 Å². The Hall–Kier alpha value is -1.69. The molecule has 0 fully saturated rings. The van der Waals surface area contributed by atoms with E-state index < -0.39 is 0 Å². The molecule has 0 radical (unpaired) electrons. The van der Waals surface area contributed by atoms with E-state index in [0.717, 1.165) is 44.1 Å². The van der Waals surface area contributed by atoms with Crippen molar-refractivity contribution in [2.24, 2.45) is 7.05 Å². The number of aryl methyl sites for hydroxylation is 2. The van der Waals surface area contributed by atoms with Crippen LogP contribution in [0.2, 0.25) is 0 Å². The molecule has 2 aromatic rings. The highest BCUT2D eigenvalue weighted by Gasteiger charge is 2.14. The smallest absolute Gasteiger partial charge is 0.147 e. The molecule has 0 spiro atoms. The predicted octanol–water partition coefficient (Wildman–Crippen LogP) is 0.680. The summed E-state index contributed by atoms with van der Waals surface area (Å²) in [6, 6.07) is 2.06. The molecule has 19 heavy (non-hydrogen) atoms. The SMILES string of the molecule is Cn1nccc1CCNCc1nnc2n1CCCC2. The highest BCUT2D eigenvalue weighted by molar-refractivity contribution is 5.01. The van der Waals surface area contributed by atoms with Crippen molar-refractivity contribution < 1.29 is 0 Å². The zero-order valence-corrected chi connectivity index (χ0v) is 11.3. The van der Waals surface area contributed by atoms with Crippen molar-refractivity contribution in [3.63, 3.8) is 0 Å². The van der Waals surface area contributed by atoms with Gasteiger partial charge in [0.2, 0.25) is 0 Å².